The minimum Gasteiger partial charge on any atom is -0.387 e. The Labute approximate surface area is 139 Å². The zero-order chi connectivity index (χ0) is 15.6. The second-order valence-electron chi connectivity index (χ2n) is 6.00. The first-order chi connectivity index (χ1) is 11.3. The van der Waals surface area contributed by atoms with E-state index in [4.69, 9.17) is 4.98 Å². The van der Waals surface area contributed by atoms with E-state index in [2.05, 4.69) is 9.88 Å². The van der Waals surface area contributed by atoms with Gasteiger partial charge in [0.05, 0.1) is 23.3 Å². The van der Waals surface area contributed by atoms with Gasteiger partial charge in [-0.15, -0.1) is 11.3 Å². The minimum atomic E-state index is -0.333. The van der Waals surface area contributed by atoms with Crippen molar-refractivity contribution in [1.82, 2.24) is 9.97 Å². The summed E-state index contributed by atoms with van der Waals surface area (Å²) < 4.78 is 0. The van der Waals surface area contributed by atoms with E-state index in [9.17, 15) is 5.11 Å². The molecule has 1 N–H and O–H groups in total. The number of piperidine rings is 1. The number of hydrogen-bond donors (Lipinski definition) is 1. The smallest absolute Gasteiger partial charge is 0.147 e. The van der Waals surface area contributed by atoms with Crippen LogP contribution in [0.15, 0.2) is 48.0 Å². The van der Waals surface area contributed by atoms with Gasteiger partial charge < -0.3 is 10.0 Å². The van der Waals surface area contributed by atoms with Crippen LogP contribution in [0.5, 0.6) is 0 Å². The van der Waals surface area contributed by atoms with Crippen molar-refractivity contribution in [3.63, 3.8) is 0 Å². The molecule has 0 saturated carbocycles. The zero-order valence-corrected chi connectivity index (χ0v) is 13.6. The maximum atomic E-state index is 10.5. The molecule has 1 aromatic carbocycles. The molecular weight excluding hydrogens is 306 g/mol. The fourth-order valence-electron chi connectivity index (χ4n) is 3.24. The van der Waals surface area contributed by atoms with Gasteiger partial charge in [-0.05, 0) is 42.3 Å². The van der Waals surface area contributed by atoms with Crippen LogP contribution in [0.3, 0.4) is 0 Å². The second kappa shape index (κ2) is 6.26. The summed E-state index contributed by atoms with van der Waals surface area (Å²) in [5, 5.41) is 12.5. The van der Waals surface area contributed by atoms with Crippen LogP contribution in [-0.2, 0) is 0 Å². The molecule has 0 bridgehead atoms. The lowest BCUT2D eigenvalue weighted by Crippen LogP contribution is -2.36. The van der Waals surface area contributed by atoms with E-state index in [1.165, 1.54) is 0 Å². The Balaban J connectivity index is 1.46. The topological polar surface area (TPSA) is 49.2 Å². The molecule has 4 rings (SSSR count). The Bertz CT molecular complexity index is 782. The van der Waals surface area contributed by atoms with Crippen molar-refractivity contribution < 1.29 is 5.11 Å². The van der Waals surface area contributed by atoms with Gasteiger partial charge in [0, 0.05) is 18.0 Å². The number of aliphatic hydroxyl groups is 1. The number of hydrogen-bond acceptors (Lipinski definition) is 5. The highest BCUT2D eigenvalue weighted by atomic mass is 32.1. The van der Waals surface area contributed by atoms with Gasteiger partial charge in [0.25, 0.3) is 0 Å². The van der Waals surface area contributed by atoms with E-state index < -0.39 is 0 Å². The Kier molecular flexibility index (Phi) is 3.97. The average molecular weight is 325 g/mol. The average Bonchev–Trinajstić information content (AvgIpc) is 3.15. The molecule has 3 aromatic rings. The molecule has 5 heteroatoms. The maximum absolute atomic E-state index is 10.5. The summed E-state index contributed by atoms with van der Waals surface area (Å²) in [7, 11) is 0. The van der Waals surface area contributed by atoms with Crippen LogP contribution in [0, 0.1) is 5.92 Å². The molecule has 0 radical (unpaired) electrons. The second-order valence-corrected chi connectivity index (χ2v) is 6.98. The minimum absolute atomic E-state index is 0.332. The highest BCUT2D eigenvalue weighted by Gasteiger charge is 2.27. The molecule has 0 aliphatic carbocycles. The molecule has 1 atom stereocenters. The number of anilines is 1. The van der Waals surface area contributed by atoms with E-state index in [0.717, 1.165) is 47.7 Å². The van der Waals surface area contributed by atoms with Crippen molar-refractivity contribution in [2.45, 2.75) is 18.9 Å². The van der Waals surface area contributed by atoms with Crippen LogP contribution in [0.1, 0.15) is 23.8 Å². The number of thiophene rings is 1. The van der Waals surface area contributed by atoms with Crippen molar-refractivity contribution in [1.29, 1.82) is 0 Å². The van der Waals surface area contributed by atoms with E-state index in [1.807, 2.05) is 48.0 Å². The number of benzene rings is 1. The molecular formula is C18H19N3OS. The number of fused-ring (bicyclic) bond motifs is 1. The van der Waals surface area contributed by atoms with Crippen LogP contribution in [0.2, 0.25) is 0 Å². The third kappa shape index (κ3) is 2.94. The van der Waals surface area contributed by atoms with Crippen molar-refractivity contribution in [3.05, 3.63) is 52.9 Å². The summed E-state index contributed by atoms with van der Waals surface area (Å²) >= 11 is 1.64. The quantitative estimate of drug-likeness (QED) is 0.799. The number of aliphatic hydroxyl groups excluding tert-OH is 1. The van der Waals surface area contributed by atoms with Crippen LogP contribution in [0.4, 0.5) is 5.82 Å². The Morgan fingerprint density at radius 1 is 1.09 bits per heavy atom. The molecule has 23 heavy (non-hydrogen) atoms. The van der Waals surface area contributed by atoms with E-state index in [1.54, 1.807) is 11.3 Å². The predicted molar refractivity (Wildman–Crippen MR) is 93.8 cm³/mol. The van der Waals surface area contributed by atoms with E-state index in [-0.39, 0.29) is 6.10 Å². The molecule has 3 heterocycles. The van der Waals surface area contributed by atoms with Gasteiger partial charge in [0.2, 0.25) is 0 Å². The van der Waals surface area contributed by atoms with Gasteiger partial charge in [-0.1, -0.05) is 18.2 Å². The van der Waals surface area contributed by atoms with E-state index in [0.29, 0.717) is 5.92 Å². The Hall–Kier alpha value is -1.98. The highest BCUT2D eigenvalue weighted by Crippen LogP contribution is 2.33. The van der Waals surface area contributed by atoms with Crippen LogP contribution >= 0.6 is 11.3 Å². The van der Waals surface area contributed by atoms with E-state index >= 15 is 0 Å². The van der Waals surface area contributed by atoms with Gasteiger partial charge in [0.15, 0.2) is 0 Å². The third-order valence-electron chi connectivity index (χ3n) is 4.58. The van der Waals surface area contributed by atoms with Crippen molar-refractivity contribution in [2.24, 2.45) is 5.92 Å². The standard InChI is InChI=1S/C18H19N3OS/c22-18(16-6-3-11-23-16)13-7-9-21(10-8-13)17-12-19-14-4-1-2-5-15(14)20-17/h1-6,11-13,18,22H,7-10H2. The number of para-hydroxylation sites is 2. The van der Waals surface area contributed by atoms with Crippen molar-refractivity contribution in [2.75, 3.05) is 18.0 Å². The van der Waals surface area contributed by atoms with Gasteiger partial charge in [-0.2, -0.15) is 0 Å². The summed E-state index contributed by atoms with van der Waals surface area (Å²) in [5.41, 5.74) is 1.87. The summed E-state index contributed by atoms with van der Waals surface area (Å²) in [5.74, 6) is 1.27. The summed E-state index contributed by atoms with van der Waals surface area (Å²) in [6.45, 7) is 1.83. The van der Waals surface area contributed by atoms with Gasteiger partial charge >= 0.3 is 0 Å². The van der Waals surface area contributed by atoms with Gasteiger partial charge in [0.1, 0.15) is 5.82 Å². The van der Waals surface area contributed by atoms with Gasteiger partial charge in [-0.25, -0.2) is 4.98 Å². The molecule has 4 nitrogen and oxygen atoms in total. The van der Waals surface area contributed by atoms with Crippen LogP contribution < -0.4 is 4.90 Å². The molecule has 0 spiro atoms. The Morgan fingerprint density at radius 3 is 2.61 bits per heavy atom. The first-order valence-corrected chi connectivity index (χ1v) is 8.87. The summed E-state index contributed by atoms with van der Waals surface area (Å²) in [4.78, 5) is 12.6. The van der Waals surface area contributed by atoms with Crippen molar-refractivity contribution >= 4 is 28.2 Å². The van der Waals surface area contributed by atoms with Crippen LogP contribution in [0.25, 0.3) is 11.0 Å². The molecule has 2 aromatic heterocycles. The lowest BCUT2D eigenvalue weighted by molar-refractivity contribution is 0.0960. The lowest BCUT2D eigenvalue weighted by Gasteiger charge is -2.34. The molecule has 1 aliphatic rings. The molecule has 1 aliphatic heterocycles. The fraction of sp³-hybridized carbons (Fsp3) is 0.333. The molecule has 1 unspecified atom stereocenters. The molecule has 118 valence electrons. The monoisotopic (exact) mass is 325 g/mol. The number of aromatic nitrogens is 2. The third-order valence-corrected chi connectivity index (χ3v) is 5.52. The first-order valence-electron chi connectivity index (χ1n) is 7.99. The fourth-order valence-corrected chi connectivity index (χ4v) is 4.04. The lowest BCUT2D eigenvalue weighted by atomic mass is 9.90. The van der Waals surface area contributed by atoms with Gasteiger partial charge in [-0.3, -0.25) is 4.98 Å². The first kappa shape index (κ1) is 14.6. The van der Waals surface area contributed by atoms with Crippen LogP contribution in [-0.4, -0.2) is 28.2 Å². The highest BCUT2D eigenvalue weighted by molar-refractivity contribution is 7.10. The maximum Gasteiger partial charge on any atom is 0.147 e. The zero-order valence-electron chi connectivity index (χ0n) is 12.8. The van der Waals surface area contributed by atoms with Crippen molar-refractivity contribution in [3.8, 4) is 0 Å². The Morgan fingerprint density at radius 2 is 1.87 bits per heavy atom. The summed E-state index contributed by atoms with van der Waals surface area (Å²) in [6.07, 6.45) is 3.49. The molecule has 0 amide bonds. The number of rotatable bonds is 3. The normalized spacial score (nSPS) is 17.5. The molecule has 1 saturated heterocycles. The molecule has 1 fully saturated rings. The predicted octanol–water partition coefficient (Wildman–Crippen LogP) is 3.64. The summed E-state index contributed by atoms with van der Waals surface area (Å²) in [6, 6.07) is 12.0. The largest absolute Gasteiger partial charge is 0.387 e. The number of nitrogens with zero attached hydrogens (tertiary/aromatic N) is 3. The SMILES string of the molecule is OC(c1cccs1)C1CCN(c2cnc3ccccc3n2)CC1.